The maximum atomic E-state index is 12.9. The molecule has 3 rings (SSSR count). The van der Waals surface area contributed by atoms with Gasteiger partial charge in [0.25, 0.3) is 11.5 Å². The topological polar surface area (TPSA) is 91.6 Å². The summed E-state index contributed by atoms with van der Waals surface area (Å²) < 4.78 is 13.5. The third-order valence-electron chi connectivity index (χ3n) is 4.66. The van der Waals surface area contributed by atoms with Crippen LogP contribution in [0.25, 0.3) is 5.69 Å². The molecule has 1 aromatic heterocycles. The molecule has 0 aliphatic rings. The van der Waals surface area contributed by atoms with Crippen LogP contribution >= 0.6 is 11.6 Å². The molecule has 0 bridgehead atoms. The highest BCUT2D eigenvalue weighted by Gasteiger charge is 2.23. The summed E-state index contributed by atoms with van der Waals surface area (Å²) in [4.78, 5) is 37.4. The molecule has 0 aliphatic carbocycles. The number of carbonyl (C=O) groups is 2. The molecule has 8 nitrogen and oxygen atoms in total. The van der Waals surface area contributed by atoms with Crippen molar-refractivity contribution in [1.29, 1.82) is 0 Å². The first kappa shape index (κ1) is 22.2. The Kier molecular flexibility index (Phi) is 6.81. The molecule has 0 spiro atoms. The average Bonchev–Trinajstić information content (AvgIpc) is 2.96. The molecular weight excluding hydrogens is 422 g/mol. The Labute approximate surface area is 183 Å². The van der Waals surface area contributed by atoms with E-state index < -0.39 is 24.6 Å². The second-order valence-electron chi connectivity index (χ2n) is 6.78. The number of ether oxygens (including phenoxy) is 2. The number of aromatic nitrogens is 2. The van der Waals surface area contributed by atoms with Crippen LogP contribution < -0.4 is 15.6 Å². The van der Waals surface area contributed by atoms with Crippen LogP contribution in [0.1, 0.15) is 12.6 Å². The Morgan fingerprint density at radius 1 is 1.10 bits per heavy atom. The fourth-order valence-corrected chi connectivity index (χ4v) is 3.11. The first-order valence-corrected chi connectivity index (χ1v) is 9.89. The van der Waals surface area contributed by atoms with E-state index in [9.17, 15) is 14.4 Å². The van der Waals surface area contributed by atoms with Crippen LogP contribution in [-0.2, 0) is 21.4 Å². The number of nitrogens with zero attached hydrogens (tertiary/aromatic N) is 2. The lowest BCUT2D eigenvalue weighted by atomic mass is 10.3. The van der Waals surface area contributed by atoms with Crippen molar-refractivity contribution in [2.75, 3.05) is 11.9 Å². The quantitative estimate of drug-likeness (QED) is 0.566. The van der Waals surface area contributed by atoms with Gasteiger partial charge < -0.3 is 14.8 Å². The smallest absolute Gasteiger partial charge is 0.344 e. The van der Waals surface area contributed by atoms with Crippen molar-refractivity contribution in [3.05, 3.63) is 75.7 Å². The summed E-state index contributed by atoms with van der Waals surface area (Å²) >= 11 is 5.97. The number of anilines is 1. The minimum Gasteiger partial charge on any atom is -0.480 e. The van der Waals surface area contributed by atoms with Crippen LogP contribution in [0.2, 0.25) is 5.02 Å². The van der Waals surface area contributed by atoms with Crippen molar-refractivity contribution in [2.24, 2.45) is 7.05 Å². The van der Waals surface area contributed by atoms with Crippen molar-refractivity contribution in [1.82, 2.24) is 9.36 Å². The Morgan fingerprint density at radius 2 is 1.74 bits per heavy atom. The van der Waals surface area contributed by atoms with Crippen molar-refractivity contribution < 1.29 is 19.1 Å². The Balaban J connectivity index is 1.65. The summed E-state index contributed by atoms with van der Waals surface area (Å²) in [5.41, 5.74) is 0.948. The predicted octanol–water partition coefficient (Wildman–Crippen LogP) is 3.09. The summed E-state index contributed by atoms with van der Waals surface area (Å²) in [5, 5.41) is 2.92. The van der Waals surface area contributed by atoms with E-state index in [2.05, 4.69) is 5.32 Å². The molecule has 1 heterocycles. The van der Waals surface area contributed by atoms with E-state index in [1.165, 1.54) is 11.6 Å². The van der Waals surface area contributed by atoms with Gasteiger partial charge >= 0.3 is 5.97 Å². The lowest BCUT2D eigenvalue weighted by Gasteiger charge is -2.13. The molecule has 0 saturated heterocycles. The summed E-state index contributed by atoms with van der Waals surface area (Å²) in [5.74, 6) is -1.04. The van der Waals surface area contributed by atoms with Crippen molar-refractivity contribution in [2.45, 2.75) is 20.0 Å². The van der Waals surface area contributed by atoms with Crippen LogP contribution in [0.3, 0.4) is 0 Å². The normalized spacial score (nSPS) is 11.6. The van der Waals surface area contributed by atoms with Gasteiger partial charge in [-0.15, -0.1) is 0 Å². The molecule has 9 heteroatoms. The minimum atomic E-state index is -1.13. The van der Waals surface area contributed by atoms with Gasteiger partial charge in [0, 0.05) is 7.05 Å². The van der Waals surface area contributed by atoms with Gasteiger partial charge in [0.1, 0.15) is 11.4 Å². The minimum absolute atomic E-state index is 0.117. The molecule has 1 atom stereocenters. The van der Waals surface area contributed by atoms with Crippen LogP contribution in [-0.4, -0.2) is 34.0 Å². The Bertz CT molecular complexity index is 1150. The van der Waals surface area contributed by atoms with E-state index in [1.54, 1.807) is 55.1 Å². The predicted molar refractivity (Wildman–Crippen MR) is 117 cm³/mol. The first-order valence-electron chi connectivity index (χ1n) is 9.51. The third kappa shape index (κ3) is 4.97. The molecule has 0 aliphatic heterocycles. The van der Waals surface area contributed by atoms with E-state index in [-0.39, 0.29) is 11.2 Å². The molecule has 0 fully saturated rings. The second-order valence-corrected chi connectivity index (χ2v) is 7.18. The van der Waals surface area contributed by atoms with Gasteiger partial charge in [-0.2, -0.15) is 0 Å². The third-order valence-corrected chi connectivity index (χ3v) is 4.97. The first-order chi connectivity index (χ1) is 14.8. The largest absolute Gasteiger partial charge is 0.480 e. The highest BCUT2D eigenvalue weighted by molar-refractivity contribution is 6.32. The van der Waals surface area contributed by atoms with Gasteiger partial charge in [-0.25, -0.2) is 9.48 Å². The number of benzene rings is 2. The van der Waals surface area contributed by atoms with Gasteiger partial charge in [0.05, 0.1) is 16.4 Å². The molecule has 2 aromatic carbocycles. The number of hydrogen-bond donors (Lipinski definition) is 1. The molecule has 0 radical (unpaired) electrons. The highest BCUT2D eigenvalue weighted by atomic mass is 35.5. The van der Waals surface area contributed by atoms with E-state index in [1.807, 2.05) is 18.2 Å². The standard InChI is InChI=1S/C22H22ClN3O5/c1-14-20(22(29)26(25(14)3)16-9-5-4-6-10-16)24-21(28)15(2)31-19(27)13-30-18-12-8-7-11-17(18)23/h4-12,15H,13H2,1-3H3,(H,24,28). The van der Waals surface area contributed by atoms with Gasteiger partial charge in [0.15, 0.2) is 12.7 Å². The summed E-state index contributed by atoms with van der Waals surface area (Å²) in [6.45, 7) is 2.72. The maximum Gasteiger partial charge on any atom is 0.344 e. The van der Waals surface area contributed by atoms with Crippen LogP contribution in [0.15, 0.2) is 59.4 Å². The van der Waals surface area contributed by atoms with Crippen LogP contribution in [0.4, 0.5) is 5.69 Å². The number of amides is 1. The van der Waals surface area contributed by atoms with E-state index >= 15 is 0 Å². The molecule has 1 N–H and O–H groups in total. The van der Waals surface area contributed by atoms with Crippen LogP contribution in [0.5, 0.6) is 5.75 Å². The van der Waals surface area contributed by atoms with Gasteiger partial charge in [-0.1, -0.05) is 41.9 Å². The average molecular weight is 444 g/mol. The zero-order valence-corrected chi connectivity index (χ0v) is 18.1. The molecular formula is C22H22ClN3O5. The molecule has 0 saturated carbocycles. The lowest BCUT2D eigenvalue weighted by Crippen LogP contribution is -2.33. The zero-order chi connectivity index (χ0) is 22.5. The van der Waals surface area contributed by atoms with Crippen molar-refractivity contribution in [3.63, 3.8) is 0 Å². The number of rotatable bonds is 7. The number of esters is 1. The summed E-state index contributed by atoms with van der Waals surface area (Å²) in [6.07, 6.45) is -1.13. The molecule has 1 unspecified atom stereocenters. The summed E-state index contributed by atoms with van der Waals surface area (Å²) in [7, 11) is 1.72. The number of halogens is 1. The zero-order valence-electron chi connectivity index (χ0n) is 17.3. The fraction of sp³-hybridized carbons (Fsp3) is 0.227. The highest BCUT2D eigenvalue weighted by Crippen LogP contribution is 2.23. The van der Waals surface area contributed by atoms with Crippen molar-refractivity contribution in [3.8, 4) is 11.4 Å². The van der Waals surface area contributed by atoms with Gasteiger partial charge in [-0.05, 0) is 38.1 Å². The monoisotopic (exact) mass is 443 g/mol. The number of nitrogens with one attached hydrogen (secondary N) is 1. The SMILES string of the molecule is Cc1c(NC(=O)C(C)OC(=O)COc2ccccc2Cl)c(=O)n(-c2ccccc2)n1C. The van der Waals surface area contributed by atoms with Crippen LogP contribution in [0, 0.1) is 6.92 Å². The molecule has 3 aromatic rings. The van der Waals surface area contributed by atoms with E-state index in [0.717, 1.165) is 0 Å². The maximum absolute atomic E-state index is 12.9. The Hall–Kier alpha value is -3.52. The molecule has 31 heavy (non-hydrogen) atoms. The Morgan fingerprint density at radius 3 is 2.42 bits per heavy atom. The van der Waals surface area contributed by atoms with Gasteiger partial charge in [0.2, 0.25) is 0 Å². The molecule has 1 amide bonds. The summed E-state index contributed by atoms with van der Waals surface area (Å²) in [6, 6.07) is 15.7. The van der Waals surface area contributed by atoms with E-state index in [4.69, 9.17) is 21.1 Å². The second kappa shape index (κ2) is 9.53. The van der Waals surface area contributed by atoms with Crippen molar-refractivity contribution >= 4 is 29.2 Å². The fourth-order valence-electron chi connectivity index (χ4n) is 2.92. The number of carbonyl (C=O) groups excluding carboxylic acids is 2. The number of hydrogen-bond acceptors (Lipinski definition) is 5. The number of para-hydroxylation sites is 2. The molecule has 162 valence electrons. The van der Waals surface area contributed by atoms with Gasteiger partial charge in [-0.3, -0.25) is 14.3 Å². The van der Waals surface area contributed by atoms with E-state index in [0.29, 0.717) is 22.2 Å². The lowest BCUT2D eigenvalue weighted by molar-refractivity contribution is -0.155.